The van der Waals surface area contributed by atoms with Crippen molar-refractivity contribution in [3.63, 3.8) is 0 Å². The molecule has 7 aromatic rings. The van der Waals surface area contributed by atoms with Crippen LogP contribution in [-0.2, 0) is 0 Å². The lowest BCUT2D eigenvalue weighted by Crippen LogP contribution is -1.98. The second-order valence-electron chi connectivity index (χ2n) is 9.79. The molecule has 0 bridgehead atoms. The number of fused-ring (bicyclic) bond motifs is 1. The number of nitrogen functional groups attached to an aromatic ring is 1. The summed E-state index contributed by atoms with van der Waals surface area (Å²) in [4.78, 5) is 10.0. The number of anilines is 1. The fourth-order valence-corrected chi connectivity index (χ4v) is 5.17. The smallest absolute Gasteiger partial charge is 0.160 e. The SMILES string of the molecule is Nc1ccccc1-c1ccc2ccn(-c3cccc(-c4nc(-c5ccccc5)cc(-c5ccccc5)n4)c3)c2c1. The van der Waals surface area contributed by atoms with E-state index in [2.05, 4.69) is 95.7 Å². The zero-order valence-corrected chi connectivity index (χ0v) is 21.8. The van der Waals surface area contributed by atoms with Crippen LogP contribution < -0.4 is 5.73 Å². The third-order valence-corrected chi connectivity index (χ3v) is 7.21. The van der Waals surface area contributed by atoms with Gasteiger partial charge in [-0.3, -0.25) is 0 Å². The van der Waals surface area contributed by atoms with Crippen molar-refractivity contribution in [2.45, 2.75) is 0 Å². The molecule has 7 rings (SSSR count). The minimum Gasteiger partial charge on any atom is -0.398 e. The Morgan fingerprint density at radius 1 is 0.500 bits per heavy atom. The minimum atomic E-state index is 0.691. The van der Waals surface area contributed by atoms with Gasteiger partial charge < -0.3 is 10.3 Å². The van der Waals surface area contributed by atoms with Gasteiger partial charge >= 0.3 is 0 Å². The van der Waals surface area contributed by atoms with Crippen LogP contribution in [0.1, 0.15) is 0 Å². The first-order chi connectivity index (χ1) is 19.7. The van der Waals surface area contributed by atoms with Crippen molar-refractivity contribution in [1.82, 2.24) is 14.5 Å². The molecule has 0 aliphatic rings. The van der Waals surface area contributed by atoms with E-state index in [1.807, 2.05) is 54.6 Å². The van der Waals surface area contributed by atoms with E-state index in [1.54, 1.807) is 0 Å². The Bertz CT molecular complexity index is 1900. The van der Waals surface area contributed by atoms with Crippen LogP contribution in [0.3, 0.4) is 0 Å². The maximum absolute atomic E-state index is 6.29. The van der Waals surface area contributed by atoms with Crippen molar-refractivity contribution < 1.29 is 0 Å². The van der Waals surface area contributed by atoms with E-state index >= 15 is 0 Å². The molecule has 0 saturated carbocycles. The fourth-order valence-electron chi connectivity index (χ4n) is 5.17. The molecule has 0 radical (unpaired) electrons. The van der Waals surface area contributed by atoms with Crippen LogP contribution in [0.25, 0.3) is 61.6 Å². The van der Waals surface area contributed by atoms with Gasteiger partial charge in [0.25, 0.3) is 0 Å². The Labute approximate surface area is 233 Å². The van der Waals surface area contributed by atoms with Gasteiger partial charge in [0.2, 0.25) is 0 Å². The lowest BCUT2D eigenvalue weighted by atomic mass is 10.0. The van der Waals surface area contributed by atoms with E-state index in [0.29, 0.717) is 5.82 Å². The number of rotatable bonds is 5. The molecule has 0 spiro atoms. The largest absolute Gasteiger partial charge is 0.398 e. The predicted octanol–water partition coefficient (Wildman–Crippen LogP) is 8.67. The lowest BCUT2D eigenvalue weighted by molar-refractivity contribution is 1.12. The molecule has 0 unspecified atom stereocenters. The monoisotopic (exact) mass is 514 g/mol. The van der Waals surface area contributed by atoms with E-state index in [0.717, 1.165) is 61.5 Å². The molecule has 2 aromatic heterocycles. The van der Waals surface area contributed by atoms with Crippen molar-refractivity contribution in [2.75, 3.05) is 5.73 Å². The van der Waals surface area contributed by atoms with Gasteiger partial charge in [0.1, 0.15) is 0 Å². The average Bonchev–Trinajstić information content (AvgIpc) is 3.45. The number of nitrogens with two attached hydrogens (primary N) is 1. The summed E-state index contributed by atoms with van der Waals surface area (Å²) in [6.45, 7) is 0. The molecule has 2 heterocycles. The van der Waals surface area contributed by atoms with E-state index in [1.165, 1.54) is 0 Å². The summed E-state index contributed by atoms with van der Waals surface area (Å²) in [5.41, 5.74) is 16.2. The second kappa shape index (κ2) is 10.0. The second-order valence-corrected chi connectivity index (χ2v) is 9.79. The Kier molecular flexibility index (Phi) is 5.91. The van der Waals surface area contributed by atoms with Gasteiger partial charge in [-0.05, 0) is 47.3 Å². The molecule has 40 heavy (non-hydrogen) atoms. The van der Waals surface area contributed by atoms with Crippen molar-refractivity contribution >= 4 is 16.6 Å². The van der Waals surface area contributed by atoms with Gasteiger partial charge in [-0.1, -0.05) is 103 Å². The highest BCUT2D eigenvalue weighted by atomic mass is 15.0. The molecule has 2 N–H and O–H groups in total. The Hall–Kier alpha value is -5.48. The van der Waals surface area contributed by atoms with Crippen LogP contribution in [0.4, 0.5) is 5.69 Å². The Morgan fingerprint density at radius 2 is 1.15 bits per heavy atom. The highest BCUT2D eigenvalue weighted by Gasteiger charge is 2.13. The fraction of sp³-hybridized carbons (Fsp3) is 0. The van der Waals surface area contributed by atoms with E-state index in [-0.39, 0.29) is 0 Å². The molecule has 0 fully saturated rings. The maximum atomic E-state index is 6.29. The number of hydrogen-bond donors (Lipinski definition) is 1. The van der Waals surface area contributed by atoms with Crippen LogP contribution in [0.15, 0.2) is 146 Å². The number of aromatic nitrogens is 3. The number of para-hydroxylation sites is 1. The van der Waals surface area contributed by atoms with Crippen molar-refractivity contribution in [2.24, 2.45) is 0 Å². The van der Waals surface area contributed by atoms with E-state index in [4.69, 9.17) is 15.7 Å². The lowest BCUT2D eigenvalue weighted by Gasteiger charge is -2.12. The van der Waals surface area contributed by atoms with Gasteiger partial charge in [-0.25, -0.2) is 9.97 Å². The average molecular weight is 515 g/mol. The van der Waals surface area contributed by atoms with Crippen molar-refractivity contribution in [1.29, 1.82) is 0 Å². The zero-order valence-electron chi connectivity index (χ0n) is 21.8. The first-order valence-corrected chi connectivity index (χ1v) is 13.3. The van der Waals surface area contributed by atoms with E-state index < -0.39 is 0 Å². The molecular weight excluding hydrogens is 488 g/mol. The highest BCUT2D eigenvalue weighted by molar-refractivity contribution is 5.89. The molecule has 4 nitrogen and oxygen atoms in total. The third kappa shape index (κ3) is 4.42. The molecule has 0 amide bonds. The van der Waals surface area contributed by atoms with Crippen LogP contribution in [-0.4, -0.2) is 14.5 Å². The van der Waals surface area contributed by atoms with Crippen molar-refractivity contribution in [3.8, 4) is 50.7 Å². The molecule has 5 aromatic carbocycles. The first kappa shape index (κ1) is 23.6. The molecule has 0 atom stereocenters. The summed E-state index contributed by atoms with van der Waals surface area (Å²) in [6, 6.07) is 47.6. The predicted molar refractivity (Wildman–Crippen MR) is 165 cm³/mol. The molecule has 0 aliphatic heterocycles. The molecule has 0 saturated heterocycles. The normalized spacial score (nSPS) is 11.1. The number of benzene rings is 5. The standard InChI is InChI=1S/C36H26N4/c37-32-17-8-7-16-31(32)28-19-18-27-20-21-40(35(27)23-28)30-15-9-14-29(22-30)36-38-33(25-10-3-1-4-11-25)24-34(39-36)26-12-5-2-6-13-26/h1-24H,37H2. The van der Waals surface area contributed by atoms with Gasteiger partial charge in [0.05, 0.1) is 16.9 Å². The van der Waals surface area contributed by atoms with Gasteiger partial charge in [-0.15, -0.1) is 0 Å². The van der Waals surface area contributed by atoms with Gasteiger partial charge in [0.15, 0.2) is 5.82 Å². The van der Waals surface area contributed by atoms with Gasteiger partial charge in [0, 0.05) is 39.8 Å². The Balaban J connectivity index is 1.35. The summed E-state index contributed by atoms with van der Waals surface area (Å²) in [7, 11) is 0. The van der Waals surface area contributed by atoms with Crippen molar-refractivity contribution in [3.05, 3.63) is 146 Å². The summed E-state index contributed by atoms with van der Waals surface area (Å²) in [5, 5.41) is 1.16. The molecular formula is C36H26N4. The summed E-state index contributed by atoms with van der Waals surface area (Å²) in [5.74, 6) is 0.691. The minimum absolute atomic E-state index is 0.691. The zero-order chi connectivity index (χ0) is 26.9. The molecule has 0 aliphatic carbocycles. The number of nitrogens with zero attached hydrogens (tertiary/aromatic N) is 3. The Morgan fingerprint density at radius 3 is 1.85 bits per heavy atom. The third-order valence-electron chi connectivity index (χ3n) is 7.21. The van der Waals surface area contributed by atoms with Gasteiger partial charge in [-0.2, -0.15) is 0 Å². The topological polar surface area (TPSA) is 56.7 Å². The van der Waals surface area contributed by atoms with Crippen LogP contribution in [0, 0.1) is 0 Å². The first-order valence-electron chi connectivity index (χ1n) is 13.3. The summed E-state index contributed by atoms with van der Waals surface area (Å²) in [6.07, 6.45) is 2.11. The quantitative estimate of drug-likeness (QED) is 0.234. The number of hydrogen-bond acceptors (Lipinski definition) is 3. The summed E-state index contributed by atoms with van der Waals surface area (Å²) >= 11 is 0. The van der Waals surface area contributed by atoms with Crippen LogP contribution >= 0.6 is 0 Å². The molecule has 4 heteroatoms. The van der Waals surface area contributed by atoms with Crippen LogP contribution in [0.5, 0.6) is 0 Å². The van der Waals surface area contributed by atoms with Crippen LogP contribution in [0.2, 0.25) is 0 Å². The maximum Gasteiger partial charge on any atom is 0.160 e. The summed E-state index contributed by atoms with van der Waals surface area (Å²) < 4.78 is 2.21. The molecule has 190 valence electrons. The van der Waals surface area contributed by atoms with E-state index in [9.17, 15) is 0 Å². The highest BCUT2D eigenvalue weighted by Crippen LogP contribution is 2.32.